The van der Waals surface area contributed by atoms with E-state index in [1.54, 1.807) is 0 Å². The van der Waals surface area contributed by atoms with Crippen molar-refractivity contribution in [3.05, 3.63) is 0 Å². The Labute approximate surface area is 60.1 Å². The first kappa shape index (κ1) is 9.84. The topological polar surface area (TPSA) is 69.9 Å². The van der Waals surface area contributed by atoms with Crippen LogP contribution in [0.3, 0.4) is 0 Å². The molecular formula is C6H14O4. The van der Waals surface area contributed by atoms with Gasteiger partial charge in [0.15, 0.2) is 0 Å². The number of ether oxygens (including phenoxy) is 1. The van der Waals surface area contributed by atoms with E-state index in [2.05, 4.69) is 0 Å². The van der Waals surface area contributed by atoms with Gasteiger partial charge in [0.2, 0.25) is 0 Å². The lowest BCUT2D eigenvalue weighted by Crippen LogP contribution is -2.36. The Hall–Kier alpha value is -0.160. The van der Waals surface area contributed by atoms with Crippen LogP contribution in [0.2, 0.25) is 0 Å². The van der Waals surface area contributed by atoms with Gasteiger partial charge in [-0.3, -0.25) is 0 Å². The molecule has 1 heterocycles. The molecule has 0 spiro atoms. The quantitative estimate of drug-likeness (QED) is 0.403. The third kappa shape index (κ3) is 3.12. The molecule has 4 nitrogen and oxygen atoms in total. The van der Waals surface area contributed by atoms with Crippen LogP contribution in [-0.2, 0) is 4.74 Å². The molecule has 1 aliphatic heterocycles. The van der Waals surface area contributed by atoms with Crippen molar-refractivity contribution in [3.63, 3.8) is 0 Å². The van der Waals surface area contributed by atoms with Gasteiger partial charge in [0.25, 0.3) is 0 Å². The van der Waals surface area contributed by atoms with Gasteiger partial charge in [-0.2, -0.15) is 0 Å². The molecule has 0 saturated carbocycles. The summed E-state index contributed by atoms with van der Waals surface area (Å²) in [6.45, 7) is 0.847. The third-order valence-corrected chi connectivity index (χ3v) is 1.29. The molecule has 10 heavy (non-hydrogen) atoms. The number of aliphatic hydroxyl groups excluding tert-OH is 3. The van der Waals surface area contributed by atoms with Crippen LogP contribution in [-0.4, -0.2) is 47.9 Å². The van der Waals surface area contributed by atoms with Crippen molar-refractivity contribution < 1.29 is 20.1 Å². The molecule has 0 radical (unpaired) electrons. The van der Waals surface area contributed by atoms with Crippen LogP contribution in [0, 0.1) is 0 Å². The molecule has 1 rings (SSSR count). The van der Waals surface area contributed by atoms with E-state index < -0.39 is 12.2 Å². The summed E-state index contributed by atoms with van der Waals surface area (Å²) in [4.78, 5) is 0. The Kier molecular flexibility index (Phi) is 5.52. The lowest BCUT2D eigenvalue weighted by atomic mass is 10.1. The van der Waals surface area contributed by atoms with Crippen LogP contribution in [0.15, 0.2) is 0 Å². The van der Waals surface area contributed by atoms with E-state index >= 15 is 0 Å². The zero-order chi connectivity index (χ0) is 7.98. The number of aliphatic hydroxyl groups is 3. The van der Waals surface area contributed by atoms with Crippen molar-refractivity contribution >= 4 is 0 Å². The standard InChI is InChI=1S/C5H10O3.CH4O/c6-4-1-2-8-3-5(4)7;1-2/h4-7H,1-3H2;2H,1H3. The Morgan fingerprint density at radius 3 is 2.10 bits per heavy atom. The van der Waals surface area contributed by atoms with Gasteiger partial charge in [-0.05, 0) is 6.42 Å². The van der Waals surface area contributed by atoms with Crippen molar-refractivity contribution in [1.29, 1.82) is 0 Å². The Morgan fingerprint density at radius 1 is 1.20 bits per heavy atom. The SMILES string of the molecule is CO.OC1CCOCC1O. The first-order valence-corrected chi connectivity index (χ1v) is 3.19. The molecule has 0 aromatic rings. The molecule has 3 N–H and O–H groups in total. The summed E-state index contributed by atoms with van der Waals surface area (Å²) in [5.41, 5.74) is 0. The first-order valence-electron chi connectivity index (χ1n) is 3.19. The smallest absolute Gasteiger partial charge is 0.103 e. The normalized spacial score (nSPS) is 32.4. The lowest BCUT2D eigenvalue weighted by molar-refractivity contribution is -0.0852. The van der Waals surface area contributed by atoms with Crippen molar-refractivity contribution in [2.24, 2.45) is 0 Å². The molecule has 2 atom stereocenters. The fourth-order valence-electron chi connectivity index (χ4n) is 0.712. The second-order valence-corrected chi connectivity index (χ2v) is 2.00. The van der Waals surface area contributed by atoms with E-state index in [1.807, 2.05) is 0 Å². The summed E-state index contributed by atoms with van der Waals surface area (Å²) < 4.78 is 4.84. The Balaban J connectivity index is 0.000000371. The predicted octanol–water partition coefficient (Wildman–Crippen LogP) is -1.26. The minimum absolute atomic E-state index is 0.279. The number of hydrogen-bond acceptors (Lipinski definition) is 4. The number of hydrogen-bond donors (Lipinski definition) is 3. The molecule has 2 unspecified atom stereocenters. The average molecular weight is 150 g/mol. The van der Waals surface area contributed by atoms with Gasteiger partial charge in [0, 0.05) is 13.7 Å². The summed E-state index contributed by atoms with van der Waals surface area (Å²) in [6.07, 6.45) is -0.672. The van der Waals surface area contributed by atoms with E-state index in [1.165, 1.54) is 0 Å². The van der Waals surface area contributed by atoms with E-state index in [0.29, 0.717) is 13.0 Å². The summed E-state index contributed by atoms with van der Waals surface area (Å²) in [5, 5.41) is 24.7. The molecule has 0 aromatic heterocycles. The summed E-state index contributed by atoms with van der Waals surface area (Å²) >= 11 is 0. The molecule has 62 valence electrons. The van der Waals surface area contributed by atoms with Gasteiger partial charge in [-0.15, -0.1) is 0 Å². The minimum Gasteiger partial charge on any atom is -0.400 e. The molecular weight excluding hydrogens is 136 g/mol. The molecule has 1 aliphatic rings. The predicted molar refractivity (Wildman–Crippen MR) is 35.6 cm³/mol. The second-order valence-electron chi connectivity index (χ2n) is 2.00. The summed E-state index contributed by atoms with van der Waals surface area (Å²) in [7, 11) is 1.00. The maximum absolute atomic E-state index is 8.85. The monoisotopic (exact) mass is 150 g/mol. The van der Waals surface area contributed by atoms with Crippen molar-refractivity contribution in [1.82, 2.24) is 0 Å². The van der Waals surface area contributed by atoms with Crippen LogP contribution in [0.5, 0.6) is 0 Å². The van der Waals surface area contributed by atoms with Crippen molar-refractivity contribution in [2.45, 2.75) is 18.6 Å². The average Bonchev–Trinajstić information content (AvgIpc) is 2.00. The minimum atomic E-state index is -0.663. The van der Waals surface area contributed by atoms with E-state index in [-0.39, 0.29) is 6.61 Å². The molecule has 0 aromatic carbocycles. The van der Waals surface area contributed by atoms with Gasteiger partial charge in [-0.1, -0.05) is 0 Å². The van der Waals surface area contributed by atoms with E-state index in [0.717, 1.165) is 7.11 Å². The van der Waals surface area contributed by atoms with E-state index in [9.17, 15) is 0 Å². The fraction of sp³-hybridized carbons (Fsp3) is 1.00. The van der Waals surface area contributed by atoms with Crippen LogP contribution in [0.25, 0.3) is 0 Å². The highest BCUT2D eigenvalue weighted by molar-refractivity contribution is 4.69. The maximum Gasteiger partial charge on any atom is 0.103 e. The molecule has 1 fully saturated rings. The van der Waals surface area contributed by atoms with Crippen LogP contribution in [0.4, 0.5) is 0 Å². The third-order valence-electron chi connectivity index (χ3n) is 1.29. The van der Waals surface area contributed by atoms with Gasteiger partial charge in [-0.25, -0.2) is 0 Å². The molecule has 1 saturated heterocycles. The van der Waals surface area contributed by atoms with Gasteiger partial charge in [0.1, 0.15) is 6.10 Å². The summed E-state index contributed by atoms with van der Waals surface area (Å²) in [6, 6.07) is 0. The Bertz CT molecular complexity index is 66.1. The summed E-state index contributed by atoms with van der Waals surface area (Å²) in [5.74, 6) is 0. The molecule has 0 aliphatic carbocycles. The maximum atomic E-state index is 8.85. The van der Waals surface area contributed by atoms with Crippen LogP contribution < -0.4 is 0 Å². The highest BCUT2D eigenvalue weighted by Crippen LogP contribution is 2.05. The molecule has 0 bridgehead atoms. The second kappa shape index (κ2) is 5.61. The molecule has 4 heteroatoms. The highest BCUT2D eigenvalue weighted by atomic mass is 16.5. The van der Waals surface area contributed by atoms with Crippen molar-refractivity contribution in [3.8, 4) is 0 Å². The van der Waals surface area contributed by atoms with Crippen LogP contribution >= 0.6 is 0 Å². The zero-order valence-electron chi connectivity index (χ0n) is 6.03. The molecule has 0 amide bonds. The van der Waals surface area contributed by atoms with Crippen LogP contribution in [0.1, 0.15) is 6.42 Å². The van der Waals surface area contributed by atoms with Gasteiger partial charge >= 0.3 is 0 Å². The highest BCUT2D eigenvalue weighted by Gasteiger charge is 2.20. The largest absolute Gasteiger partial charge is 0.400 e. The zero-order valence-corrected chi connectivity index (χ0v) is 6.03. The lowest BCUT2D eigenvalue weighted by Gasteiger charge is -2.22. The van der Waals surface area contributed by atoms with Gasteiger partial charge in [0.05, 0.1) is 12.7 Å². The fourth-order valence-corrected chi connectivity index (χ4v) is 0.712. The Morgan fingerprint density at radius 2 is 1.80 bits per heavy atom. The van der Waals surface area contributed by atoms with Gasteiger partial charge < -0.3 is 20.1 Å². The van der Waals surface area contributed by atoms with E-state index in [4.69, 9.17) is 20.1 Å². The first-order chi connectivity index (χ1) is 4.80. The van der Waals surface area contributed by atoms with Crippen molar-refractivity contribution in [2.75, 3.05) is 20.3 Å². The number of rotatable bonds is 0.